The van der Waals surface area contributed by atoms with E-state index >= 15 is 0 Å². The molecule has 0 radical (unpaired) electrons. The first kappa shape index (κ1) is 7.40. The first-order valence-corrected chi connectivity index (χ1v) is 4.29. The molecule has 0 aliphatic rings. The summed E-state index contributed by atoms with van der Waals surface area (Å²) < 4.78 is 4.93. The number of nitrogen functional groups attached to an aromatic ring is 1. The molecule has 0 saturated heterocycles. The Morgan fingerprint density at radius 1 is 1.60 bits per heavy atom. The highest BCUT2D eigenvalue weighted by Gasteiger charge is 1.99. The van der Waals surface area contributed by atoms with E-state index in [2.05, 4.69) is 10.2 Å². The van der Waals surface area contributed by atoms with Crippen molar-refractivity contribution in [1.29, 1.82) is 0 Å². The van der Waals surface area contributed by atoms with Crippen molar-refractivity contribution in [3.05, 3.63) is 5.89 Å². The lowest BCUT2D eigenvalue weighted by atomic mass is 10.5. The van der Waals surface area contributed by atoms with Gasteiger partial charge in [0.15, 0.2) is 0 Å². The van der Waals surface area contributed by atoms with Gasteiger partial charge in [0.2, 0.25) is 5.89 Å². The average Bonchev–Trinajstić information content (AvgIpc) is 2.31. The van der Waals surface area contributed by atoms with E-state index in [1.807, 2.05) is 6.26 Å². The molecule has 1 rings (SSSR count). The molecule has 0 amide bonds. The minimum Gasteiger partial charge on any atom is -0.408 e. The molecule has 0 atom stereocenters. The Bertz CT molecular complexity index is 201. The van der Waals surface area contributed by atoms with Gasteiger partial charge in [-0.25, -0.2) is 0 Å². The first-order chi connectivity index (χ1) is 4.83. The number of anilines is 1. The molecule has 0 aromatic carbocycles. The zero-order chi connectivity index (χ0) is 7.40. The van der Waals surface area contributed by atoms with Gasteiger partial charge in [0.05, 0.1) is 0 Å². The Hall–Kier alpha value is -0.710. The van der Waals surface area contributed by atoms with Crippen molar-refractivity contribution in [2.45, 2.75) is 6.42 Å². The molecule has 4 nitrogen and oxygen atoms in total. The molecular formula is C5H9N3OS. The molecule has 0 unspecified atom stereocenters. The van der Waals surface area contributed by atoms with Crippen LogP contribution in [0, 0.1) is 0 Å². The number of hydrogen-bond acceptors (Lipinski definition) is 5. The fourth-order valence-electron chi connectivity index (χ4n) is 0.557. The minimum atomic E-state index is 0.149. The van der Waals surface area contributed by atoms with E-state index in [0.29, 0.717) is 5.89 Å². The summed E-state index contributed by atoms with van der Waals surface area (Å²) in [7, 11) is 0. The predicted octanol–water partition coefficient (Wildman–Crippen LogP) is 0.557. The zero-order valence-corrected chi connectivity index (χ0v) is 6.52. The van der Waals surface area contributed by atoms with Crippen LogP contribution in [0.15, 0.2) is 4.42 Å². The van der Waals surface area contributed by atoms with E-state index in [-0.39, 0.29) is 6.01 Å². The third-order valence-corrected chi connectivity index (χ3v) is 1.61. The number of thioether (sulfide) groups is 1. The van der Waals surface area contributed by atoms with Gasteiger partial charge in [0, 0.05) is 12.2 Å². The van der Waals surface area contributed by atoms with Crippen LogP contribution < -0.4 is 5.73 Å². The lowest BCUT2D eigenvalue weighted by molar-refractivity contribution is 0.518. The van der Waals surface area contributed by atoms with E-state index < -0.39 is 0 Å². The van der Waals surface area contributed by atoms with Gasteiger partial charge in [-0.05, 0) is 6.26 Å². The molecule has 0 aliphatic heterocycles. The average molecular weight is 159 g/mol. The number of hydrogen-bond donors (Lipinski definition) is 1. The number of aryl methyl sites for hydroxylation is 1. The van der Waals surface area contributed by atoms with Crippen LogP contribution in [0.5, 0.6) is 0 Å². The summed E-state index contributed by atoms with van der Waals surface area (Å²) in [5.41, 5.74) is 5.20. The lowest BCUT2D eigenvalue weighted by Crippen LogP contribution is -1.86. The Morgan fingerprint density at radius 3 is 2.90 bits per heavy atom. The maximum absolute atomic E-state index is 5.20. The lowest BCUT2D eigenvalue weighted by Gasteiger charge is -1.87. The van der Waals surface area contributed by atoms with Crippen molar-refractivity contribution in [2.24, 2.45) is 0 Å². The summed E-state index contributed by atoms with van der Waals surface area (Å²) in [6.45, 7) is 0. The monoisotopic (exact) mass is 159 g/mol. The van der Waals surface area contributed by atoms with Crippen LogP contribution in [0.25, 0.3) is 0 Å². The molecule has 0 aliphatic carbocycles. The summed E-state index contributed by atoms with van der Waals surface area (Å²) in [6.07, 6.45) is 2.82. The van der Waals surface area contributed by atoms with E-state index in [0.717, 1.165) is 12.2 Å². The van der Waals surface area contributed by atoms with Crippen LogP contribution in [-0.2, 0) is 6.42 Å². The first-order valence-electron chi connectivity index (χ1n) is 2.89. The van der Waals surface area contributed by atoms with Gasteiger partial charge in [-0.1, -0.05) is 5.10 Å². The maximum Gasteiger partial charge on any atom is 0.312 e. The third kappa shape index (κ3) is 1.91. The number of nitrogens with two attached hydrogens (primary N) is 1. The van der Waals surface area contributed by atoms with Gasteiger partial charge in [-0.15, -0.1) is 5.10 Å². The molecule has 56 valence electrons. The summed E-state index contributed by atoms with van der Waals surface area (Å²) >= 11 is 1.74. The fraction of sp³-hybridized carbons (Fsp3) is 0.600. The molecule has 0 spiro atoms. The van der Waals surface area contributed by atoms with Gasteiger partial charge in [-0.3, -0.25) is 0 Å². The van der Waals surface area contributed by atoms with Gasteiger partial charge in [0.25, 0.3) is 0 Å². The Balaban J connectivity index is 2.42. The molecule has 0 fully saturated rings. The second-order valence-electron chi connectivity index (χ2n) is 1.78. The molecule has 5 heteroatoms. The summed E-state index contributed by atoms with van der Waals surface area (Å²) in [4.78, 5) is 0. The topological polar surface area (TPSA) is 64.9 Å². The van der Waals surface area contributed by atoms with Gasteiger partial charge < -0.3 is 10.2 Å². The summed E-state index contributed by atoms with van der Waals surface area (Å²) in [5.74, 6) is 1.61. The van der Waals surface area contributed by atoms with E-state index in [1.54, 1.807) is 11.8 Å². The highest BCUT2D eigenvalue weighted by Crippen LogP contribution is 2.03. The molecule has 1 aromatic rings. The van der Waals surface area contributed by atoms with Crippen molar-refractivity contribution in [2.75, 3.05) is 17.7 Å². The van der Waals surface area contributed by atoms with Crippen molar-refractivity contribution in [3.63, 3.8) is 0 Å². The van der Waals surface area contributed by atoms with Gasteiger partial charge in [0.1, 0.15) is 0 Å². The molecule has 2 N–H and O–H groups in total. The fourth-order valence-corrected chi connectivity index (χ4v) is 0.936. The SMILES string of the molecule is CSCCc1nnc(N)o1. The normalized spacial score (nSPS) is 10.1. The van der Waals surface area contributed by atoms with Crippen molar-refractivity contribution in [1.82, 2.24) is 10.2 Å². The molecule has 0 bridgehead atoms. The Kier molecular flexibility index (Phi) is 2.56. The van der Waals surface area contributed by atoms with E-state index in [1.165, 1.54) is 0 Å². The number of rotatable bonds is 3. The predicted molar refractivity (Wildman–Crippen MR) is 40.8 cm³/mol. The molecular weight excluding hydrogens is 150 g/mol. The maximum atomic E-state index is 5.20. The van der Waals surface area contributed by atoms with Crippen molar-refractivity contribution < 1.29 is 4.42 Å². The largest absolute Gasteiger partial charge is 0.408 e. The van der Waals surface area contributed by atoms with Crippen LogP contribution in [0.4, 0.5) is 6.01 Å². The van der Waals surface area contributed by atoms with Crippen molar-refractivity contribution >= 4 is 17.8 Å². The standard InChI is InChI=1S/C5H9N3OS/c1-10-3-2-4-7-8-5(6)9-4/h2-3H2,1H3,(H2,6,8). The zero-order valence-electron chi connectivity index (χ0n) is 5.70. The van der Waals surface area contributed by atoms with Crippen molar-refractivity contribution in [3.8, 4) is 0 Å². The van der Waals surface area contributed by atoms with Crippen LogP contribution in [0.1, 0.15) is 5.89 Å². The third-order valence-electron chi connectivity index (χ3n) is 1.00. The number of aromatic nitrogens is 2. The Morgan fingerprint density at radius 2 is 2.40 bits per heavy atom. The highest BCUT2D eigenvalue weighted by molar-refractivity contribution is 7.98. The molecule has 10 heavy (non-hydrogen) atoms. The smallest absolute Gasteiger partial charge is 0.312 e. The highest BCUT2D eigenvalue weighted by atomic mass is 32.2. The summed E-state index contributed by atoms with van der Waals surface area (Å²) in [6, 6.07) is 0.149. The second kappa shape index (κ2) is 3.46. The minimum absolute atomic E-state index is 0.149. The Labute approximate surface area is 63.2 Å². The molecule has 1 heterocycles. The molecule has 1 aromatic heterocycles. The van der Waals surface area contributed by atoms with Gasteiger partial charge in [-0.2, -0.15) is 11.8 Å². The summed E-state index contributed by atoms with van der Waals surface area (Å²) in [5, 5.41) is 7.22. The van der Waals surface area contributed by atoms with Crippen LogP contribution in [0.3, 0.4) is 0 Å². The van der Waals surface area contributed by atoms with Crippen LogP contribution >= 0.6 is 11.8 Å². The van der Waals surface area contributed by atoms with Crippen LogP contribution in [-0.4, -0.2) is 22.2 Å². The number of nitrogens with zero attached hydrogens (tertiary/aromatic N) is 2. The molecule has 0 saturated carbocycles. The van der Waals surface area contributed by atoms with E-state index in [4.69, 9.17) is 10.2 Å². The quantitative estimate of drug-likeness (QED) is 0.698. The van der Waals surface area contributed by atoms with Crippen LogP contribution in [0.2, 0.25) is 0 Å². The van der Waals surface area contributed by atoms with E-state index in [9.17, 15) is 0 Å². The second-order valence-corrected chi connectivity index (χ2v) is 2.76. The van der Waals surface area contributed by atoms with Gasteiger partial charge >= 0.3 is 6.01 Å².